The van der Waals surface area contributed by atoms with Crippen LogP contribution in [0.5, 0.6) is 0 Å². The largest absolute Gasteiger partial charge is 0.439 e. The number of alkyl carbamates (subject to hydrolysis) is 1. The molecule has 3 aromatic rings. The molecular formula is C21H13F2N3O2. The number of amides is 1. The van der Waals surface area contributed by atoms with Crippen LogP contribution in [0.2, 0.25) is 0 Å². The summed E-state index contributed by atoms with van der Waals surface area (Å²) in [5, 5.41) is 2.62. The van der Waals surface area contributed by atoms with Gasteiger partial charge in [0.1, 0.15) is 23.4 Å². The predicted octanol–water partition coefficient (Wildman–Crippen LogP) is 3.68. The van der Waals surface area contributed by atoms with Crippen LogP contribution in [0.25, 0.3) is 0 Å². The molecule has 0 saturated carbocycles. The molecule has 1 saturated heterocycles. The average Bonchev–Trinajstić information content (AvgIpc) is 3.11. The van der Waals surface area contributed by atoms with Gasteiger partial charge >= 0.3 is 6.09 Å². The fourth-order valence-corrected chi connectivity index (χ4v) is 2.92. The number of aromatic nitrogens is 2. The maximum absolute atomic E-state index is 14.2. The number of benzene rings is 1. The van der Waals surface area contributed by atoms with E-state index < -0.39 is 29.9 Å². The number of carbonyl (C=O) groups excluding carboxylic acids is 1. The van der Waals surface area contributed by atoms with Crippen molar-refractivity contribution in [1.82, 2.24) is 15.3 Å². The van der Waals surface area contributed by atoms with Gasteiger partial charge in [0.25, 0.3) is 0 Å². The highest BCUT2D eigenvalue weighted by Gasteiger charge is 2.38. The number of hydrogen-bond donors (Lipinski definition) is 1. The Hall–Kier alpha value is -3.79. The maximum Gasteiger partial charge on any atom is 0.408 e. The number of halogens is 2. The first-order valence-corrected chi connectivity index (χ1v) is 8.40. The van der Waals surface area contributed by atoms with Gasteiger partial charge < -0.3 is 10.1 Å². The summed E-state index contributed by atoms with van der Waals surface area (Å²) in [7, 11) is 0. The molecule has 4 rings (SSSR count). The molecule has 0 unspecified atom stereocenters. The smallest absolute Gasteiger partial charge is 0.408 e. The van der Waals surface area contributed by atoms with Crippen molar-refractivity contribution in [2.45, 2.75) is 12.1 Å². The number of ether oxygens (including phenoxy) is 1. The van der Waals surface area contributed by atoms with Crippen LogP contribution >= 0.6 is 0 Å². The number of rotatable bonds is 2. The monoisotopic (exact) mass is 377 g/mol. The predicted molar refractivity (Wildman–Crippen MR) is 95.9 cm³/mol. The Morgan fingerprint density at radius 2 is 1.96 bits per heavy atom. The summed E-state index contributed by atoms with van der Waals surface area (Å²) in [6.07, 6.45) is 2.99. The zero-order valence-electron chi connectivity index (χ0n) is 14.4. The summed E-state index contributed by atoms with van der Waals surface area (Å²) in [5.41, 5.74) is 1.70. The van der Waals surface area contributed by atoms with E-state index in [1.165, 1.54) is 6.20 Å². The lowest BCUT2D eigenvalue weighted by Crippen LogP contribution is -2.20. The molecule has 0 aliphatic carbocycles. The molecule has 2 aromatic heterocycles. The Morgan fingerprint density at radius 3 is 2.79 bits per heavy atom. The van der Waals surface area contributed by atoms with Crippen LogP contribution < -0.4 is 5.32 Å². The molecule has 2 atom stereocenters. The Labute approximate surface area is 159 Å². The van der Waals surface area contributed by atoms with Crippen molar-refractivity contribution in [3.05, 3.63) is 95.1 Å². The molecule has 0 spiro atoms. The Morgan fingerprint density at radius 1 is 1.07 bits per heavy atom. The van der Waals surface area contributed by atoms with Crippen molar-refractivity contribution >= 4 is 6.09 Å². The molecule has 7 heteroatoms. The molecule has 28 heavy (non-hydrogen) atoms. The molecule has 1 aliphatic heterocycles. The third kappa shape index (κ3) is 3.67. The third-order valence-electron chi connectivity index (χ3n) is 4.19. The summed E-state index contributed by atoms with van der Waals surface area (Å²) in [4.78, 5) is 20.1. The second-order valence-electron chi connectivity index (χ2n) is 6.09. The van der Waals surface area contributed by atoms with Gasteiger partial charge in [-0.15, -0.1) is 0 Å². The molecule has 1 fully saturated rings. The number of hydrogen-bond acceptors (Lipinski definition) is 4. The molecule has 5 nitrogen and oxygen atoms in total. The lowest BCUT2D eigenvalue weighted by molar-refractivity contribution is 0.130. The summed E-state index contributed by atoms with van der Waals surface area (Å²) in [6.45, 7) is 0. The fourth-order valence-electron chi connectivity index (χ4n) is 2.92. The molecule has 0 bridgehead atoms. The average molecular weight is 377 g/mol. The number of nitrogens with one attached hydrogen (secondary N) is 1. The second kappa shape index (κ2) is 7.45. The lowest BCUT2D eigenvalue weighted by Gasteiger charge is -2.18. The van der Waals surface area contributed by atoms with Gasteiger partial charge in [-0.25, -0.2) is 18.6 Å². The molecular weight excluding hydrogens is 364 g/mol. The van der Waals surface area contributed by atoms with Crippen molar-refractivity contribution in [2.24, 2.45) is 0 Å². The molecule has 0 radical (unpaired) electrons. The van der Waals surface area contributed by atoms with Gasteiger partial charge in [0.05, 0.1) is 0 Å². The minimum Gasteiger partial charge on any atom is -0.439 e. The molecule has 1 N–H and O–H groups in total. The lowest BCUT2D eigenvalue weighted by atomic mass is 9.96. The standard InChI is InChI=1S/C21H13F2N3O2/c22-15-5-7-18(23)17(10-15)20-19(26-21(27)28-20)14-9-13(11-24-12-14)4-6-16-3-1-2-8-25-16/h1-3,5,7-12,19-20H,(H,26,27)/t19-,20-/m1/s1. The third-order valence-corrected chi connectivity index (χ3v) is 4.19. The van der Waals surface area contributed by atoms with Crippen molar-refractivity contribution < 1.29 is 18.3 Å². The minimum absolute atomic E-state index is 0.0478. The number of carbonyl (C=O) groups is 1. The van der Waals surface area contributed by atoms with Crippen molar-refractivity contribution in [3.63, 3.8) is 0 Å². The first kappa shape index (κ1) is 17.6. The van der Waals surface area contributed by atoms with Gasteiger partial charge in [-0.3, -0.25) is 4.98 Å². The highest BCUT2D eigenvalue weighted by molar-refractivity contribution is 5.71. The van der Waals surface area contributed by atoms with Gasteiger partial charge in [-0.1, -0.05) is 12.0 Å². The van der Waals surface area contributed by atoms with Gasteiger partial charge in [-0.2, -0.15) is 0 Å². The molecule has 3 heterocycles. The van der Waals surface area contributed by atoms with E-state index in [1.54, 1.807) is 30.6 Å². The maximum atomic E-state index is 14.2. The van der Waals surface area contributed by atoms with Crippen LogP contribution in [0.1, 0.15) is 34.5 Å². The zero-order valence-corrected chi connectivity index (χ0v) is 14.4. The number of nitrogens with zero attached hydrogens (tertiary/aromatic N) is 2. The van der Waals surface area contributed by atoms with Gasteiger partial charge in [0.15, 0.2) is 6.10 Å². The van der Waals surface area contributed by atoms with Crippen molar-refractivity contribution in [2.75, 3.05) is 0 Å². The van der Waals surface area contributed by atoms with Crippen LogP contribution in [0.15, 0.2) is 61.1 Å². The Kier molecular flexibility index (Phi) is 4.68. The van der Waals surface area contributed by atoms with E-state index in [9.17, 15) is 13.6 Å². The van der Waals surface area contributed by atoms with Gasteiger partial charge in [0.2, 0.25) is 0 Å². The first-order chi connectivity index (χ1) is 13.6. The van der Waals surface area contributed by atoms with E-state index in [1.807, 2.05) is 6.07 Å². The van der Waals surface area contributed by atoms with Crippen LogP contribution in [0, 0.1) is 23.5 Å². The SMILES string of the molecule is O=C1N[C@H](c2cncc(C#Cc3ccccn3)c2)[C@@H](c2cc(F)ccc2F)O1. The Balaban J connectivity index is 1.67. The van der Waals surface area contributed by atoms with Crippen molar-refractivity contribution in [1.29, 1.82) is 0 Å². The van der Waals surface area contributed by atoms with E-state index in [-0.39, 0.29) is 5.56 Å². The van der Waals surface area contributed by atoms with E-state index >= 15 is 0 Å². The number of cyclic esters (lactones) is 1. The highest BCUT2D eigenvalue weighted by atomic mass is 19.1. The van der Waals surface area contributed by atoms with Crippen LogP contribution in [-0.2, 0) is 4.74 Å². The fraction of sp³-hybridized carbons (Fsp3) is 0.0952. The highest BCUT2D eigenvalue weighted by Crippen LogP contribution is 2.37. The molecule has 1 amide bonds. The number of pyridine rings is 2. The van der Waals surface area contributed by atoms with E-state index in [4.69, 9.17) is 4.74 Å². The Bertz CT molecular complexity index is 1090. The topological polar surface area (TPSA) is 64.1 Å². The van der Waals surface area contributed by atoms with Crippen LogP contribution in [0.3, 0.4) is 0 Å². The summed E-state index contributed by atoms with van der Waals surface area (Å²) >= 11 is 0. The zero-order chi connectivity index (χ0) is 19.5. The molecule has 138 valence electrons. The second-order valence-corrected chi connectivity index (χ2v) is 6.09. The summed E-state index contributed by atoms with van der Waals surface area (Å²) in [6, 6.07) is 9.41. The summed E-state index contributed by atoms with van der Waals surface area (Å²) < 4.78 is 33.0. The minimum atomic E-state index is -1.02. The quantitative estimate of drug-likeness (QED) is 0.692. The van der Waals surface area contributed by atoms with Gasteiger partial charge in [-0.05, 0) is 47.9 Å². The molecule has 1 aromatic carbocycles. The van der Waals surface area contributed by atoms with E-state index in [2.05, 4.69) is 27.1 Å². The first-order valence-electron chi connectivity index (χ1n) is 8.40. The van der Waals surface area contributed by atoms with Gasteiger partial charge in [0, 0.05) is 29.7 Å². The van der Waals surface area contributed by atoms with E-state index in [0.29, 0.717) is 16.8 Å². The van der Waals surface area contributed by atoms with E-state index in [0.717, 1.165) is 18.2 Å². The van der Waals surface area contributed by atoms with Crippen LogP contribution in [0.4, 0.5) is 13.6 Å². The summed E-state index contributed by atoms with van der Waals surface area (Å²) in [5.74, 6) is 4.59. The molecule has 1 aliphatic rings. The van der Waals surface area contributed by atoms with Crippen molar-refractivity contribution in [3.8, 4) is 11.8 Å². The normalized spacial score (nSPS) is 18.0. The van der Waals surface area contributed by atoms with Crippen LogP contribution in [-0.4, -0.2) is 16.1 Å².